The molecule has 4 heteroatoms. The van der Waals surface area contributed by atoms with Gasteiger partial charge in [-0.15, -0.1) is 0 Å². The first-order valence-corrected chi connectivity index (χ1v) is 5.84. The first-order chi connectivity index (χ1) is 7.15. The Morgan fingerprint density at radius 3 is 2.67 bits per heavy atom. The van der Waals surface area contributed by atoms with Gasteiger partial charge >= 0.3 is 0 Å². The maximum absolute atomic E-state index is 11.2. The van der Waals surface area contributed by atoms with Crippen LogP contribution in [0.4, 0.5) is 0 Å². The van der Waals surface area contributed by atoms with Gasteiger partial charge in [0.05, 0.1) is 0 Å². The number of nitrogens with two attached hydrogens (primary N) is 1. The Balaban J connectivity index is 2.41. The minimum Gasteiger partial charge on any atom is -0.342 e. The van der Waals surface area contributed by atoms with Crippen molar-refractivity contribution < 1.29 is 4.79 Å². The molecule has 15 heavy (non-hydrogen) atoms. The fraction of sp³-hybridized carbons (Fsp3) is 0.909. The molecule has 0 aromatic rings. The van der Waals surface area contributed by atoms with E-state index in [1.165, 1.54) is 0 Å². The van der Waals surface area contributed by atoms with Crippen molar-refractivity contribution in [1.29, 1.82) is 0 Å². The normalized spacial score (nSPS) is 21.1. The minimum absolute atomic E-state index is 0.198. The van der Waals surface area contributed by atoms with Crippen LogP contribution in [0.5, 0.6) is 0 Å². The third-order valence-corrected chi connectivity index (χ3v) is 3.18. The third kappa shape index (κ3) is 3.80. The van der Waals surface area contributed by atoms with E-state index < -0.39 is 0 Å². The van der Waals surface area contributed by atoms with Gasteiger partial charge in [-0.2, -0.15) is 0 Å². The molecule has 0 spiro atoms. The first kappa shape index (κ1) is 12.5. The van der Waals surface area contributed by atoms with Crippen molar-refractivity contribution in [2.24, 2.45) is 5.73 Å². The molecular weight excluding hydrogens is 190 g/mol. The van der Waals surface area contributed by atoms with Crippen LogP contribution in [0.25, 0.3) is 0 Å². The highest BCUT2D eigenvalue weighted by molar-refractivity contribution is 5.73. The Morgan fingerprint density at radius 1 is 1.33 bits per heavy atom. The van der Waals surface area contributed by atoms with E-state index in [9.17, 15) is 4.79 Å². The summed E-state index contributed by atoms with van der Waals surface area (Å²) in [7, 11) is 0. The lowest BCUT2D eigenvalue weighted by Gasteiger charge is -2.27. The van der Waals surface area contributed by atoms with Gasteiger partial charge < -0.3 is 10.6 Å². The summed E-state index contributed by atoms with van der Waals surface area (Å²) < 4.78 is 0. The fourth-order valence-corrected chi connectivity index (χ4v) is 2.12. The van der Waals surface area contributed by atoms with Gasteiger partial charge in [-0.25, -0.2) is 0 Å². The molecule has 88 valence electrons. The maximum atomic E-state index is 11.2. The Bertz CT molecular complexity index is 208. The number of hydrogen-bond donors (Lipinski definition) is 1. The average Bonchev–Trinajstić information content (AvgIpc) is 2.43. The van der Waals surface area contributed by atoms with E-state index >= 15 is 0 Å². The topological polar surface area (TPSA) is 49.6 Å². The van der Waals surface area contributed by atoms with Gasteiger partial charge in [0, 0.05) is 39.1 Å². The Hall–Kier alpha value is -0.610. The molecule has 1 heterocycles. The first-order valence-electron chi connectivity index (χ1n) is 5.84. The minimum atomic E-state index is 0.198. The molecule has 0 saturated carbocycles. The highest BCUT2D eigenvalue weighted by atomic mass is 16.2. The van der Waals surface area contributed by atoms with Crippen LogP contribution < -0.4 is 5.73 Å². The number of rotatable bonds is 3. The summed E-state index contributed by atoms with van der Waals surface area (Å²) >= 11 is 0. The Labute approximate surface area is 92.4 Å². The molecule has 0 radical (unpaired) electrons. The maximum Gasteiger partial charge on any atom is 0.219 e. The molecule has 1 aliphatic heterocycles. The zero-order valence-electron chi connectivity index (χ0n) is 9.91. The Morgan fingerprint density at radius 2 is 2.07 bits per heavy atom. The van der Waals surface area contributed by atoms with Crippen molar-refractivity contribution in [1.82, 2.24) is 9.80 Å². The van der Waals surface area contributed by atoms with Gasteiger partial charge in [-0.1, -0.05) is 0 Å². The SMILES string of the molecule is CC(=O)N1CCCN(C(C)CCN)CC1. The Kier molecular flexibility index (Phi) is 5.05. The zero-order valence-corrected chi connectivity index (χ0v) is 9.91. The molecule has 2 N–H and O–H groups in total. The van der Waals surface area contributed by atoms with Crippen LogP contribution in [0.3, 0.4) is 0 Å². The van der Waals surface area contributed by atoms with Gasteiger partial charge in [-0.05, 0) is 26.3 Å². The number of carbonyl (C=O) groups excluding carboxylic acids is 1. The van der Waals surface area contributed by atoms with Gasteiger partial charge in [-0.3, -0.25) is 9.69 Å². The van der Waals surface area contributed by atoms with Crippen LogP contribution in [-0.2, 0) is 4.79 Å². The van der Waals surface area contributed by atoms with E-state index in [1.54, 1.807) is 6.92 Å². The van der Waals surface area contributed by atoms with Crippen LogP contribution in [0.1, 0.15) is 26.7 Å². The van der Waals surface area contributed by atoms with E-state index in [-0.39, 0.29) is 5.91 Å². The highest BCUT2D eigenvalue weighted by Gasteiger charge is 2.19. The van der Waals surface area contributed by atoms with Crippen molar-refractivity contribution in [2.45, 2.75) is 32.7 Å². The van der Waals surface area contributed by atoms with Crippen molar-refractivity contribution >= 4 is 5.91 Å². The van der Waals surface area contributed by atoms with E-state index in [0.717, 1.165) is 45.6 Å². The molecule has 1 amide bonds. The second-order valence-electron chi connectivity index (χ2n) is 4.32. The summed E-state index contributed by atoms with van der Waals surface area (Å²) in [6.07, 6.45) is 2.12. The van der Waals surface area contributed by atoms with Crippen LogP contribution in [0.2, 0.25) is 0 Å². The molecule has 0 bridgehead atoms. The van der Waals surface area contributed by atoms with Gasteiger partial charge in [0.15, 0.2) is 0 Å². The molecule has 1 atom stereocenters. The second-order valence-corrected chi connectivity index (χ2v) is 4.32. The molecule has 4 nitrogen and oxygen atoms in total. The lowest BCUT2D eigenvalue weighted by molar-refractivity contribution is -0.128. The molecular formula is C11H23N3O. The number of hydrogen-bond acceptors (Lipinski definition) is 3. The summed E-state index contributed by atoms with van der Waals surface area (Å²) in [5.74, 6) is 0.198. The molecule has 1 rings (SSSR count). The van der Waals surface area contributed by atoms with Crippen molar-refractivity contribution in [3.05, 3.63) is 0 Å². The summed E-state index contributed by atoms with van der Waals surface area (Å²) in [4.78, 5) is 15.6. The predicted octanol–water partition coefficient (Wildman–Crippen LogP) is 0.278. The van der Waals surface area contributed by atoms with Crippen molar-refractivity contribution in [3.63, 3.8) is 0 Å². The van der Waals surface area contributed by atoms with E-state index in [2.05, 4.69) is 11.8 Å². The van der Waals surface area contributed by atoms with Crippen LogP contribution >= 0.6 is 0 Å². The second kappa shape index (κ2) is 6.08. The lowest BCUT2D eigenvalue weighted by Crippen LogP contribution is -2.38. The smallest absolute Gasteiger partial charge is 0.219 e. The van der Waals surface area contributed by atoms with Crippen molar-refractivity contribution in [2.75, 3.05) is 32.7 Å². The largest absolute Gasteiger partial charge is 0.342 e. The average molecular weight is 213 g/mol. The van der Waals surface area contributed by atoms with Crippen LogP contribution in [-0.4, -0.2) is 54.5 Å². The summed E-state index contributed by atoms with van der Waals surface area (Å²) in [6, 6.07) is 0.543. The molecule has 0 aromatic carbocycles. The standard InChI is InChI=1S/C11H23N3O/c1-10(4-5-12)13-6-3-7-14(9-8-13)11(2)15/h10H,3-9,12H2,1-2H3. The van der Waals surface area contributed by atoms with Crippen LogP contribution in [0.15, 0.2) is 0 Å². The molecule has 1 fully saturated rings. The predicted molar refractivity (Wildman–Crippen MR) is 61.6 cm³/mol. The van der Waals surface area contributed by atoms with Gasteiger partial charge in [0.25, 0.3) is 0 Å². The summed E-state index contributed by atoms with van der Waals surface area (Å²) in [5, 5.41) is 0. The molecule has 1 unspecified atom stereocenters. The summed E-state index contributed by atoms with van der Waals surface area (Å²) in [5.41, 5.74) is 5.56. The highest BCUT2D eigenvalue weighted by Crippen LogP contribution is 2.09. The molecule has 0 aromatic heterocycles. The number of nitrogens with zero attached hydrogens (tertiary/aromatic N) is 2. The van der Waals surface area contributed by atoms with E-state index in [1.807, 2.05) is 4.90 Å². The molecule has 1 saturated heterocycles. The van der Waals surface area contributed by atoms with Crippen LogP contribution in [0, 0.1) is 0 Å². The zero-order chi connectivity index (χ0) is 11.3. The molecule has 1 aliphatic rings. The van der Waals surface area contributed by atoms with Gasteiger partial charge in [0.2, 0.25) is 5.91 Å². The van der Waals surface area contributed by atoms with E-state index in [4.69, 9.17) is 5.73 Å². The van der Waals surface area contributed by atoms with E-state index in [0.29, 0.717) is 6.04 Å². The third-order valence-electron chi connectivity index (χ3n) is 3.18. The monoisotopic (exact) mass is 213 g/mol. The van der Waals surface area contributed by atoms with Gasteiger partial charge in [0.1, 0.15) is 0 Å². The number of amides is 1. The molecule has 0 aliphatic carbocycles. The quantitative estimate of drug-likeness (QED) is 0.732. The number of carbonyl (C=O) groups is 1. The van der Waals surface area contributed by atoms with Crippen molar-refractivity contribution in [3.8, 4) is 0 Å². The summed E-state index contributed by atoms with van der Waals surface area (Å²) in [6.45, 7) is 8.46. The fourth-order valence-electron chi connectivity index (χ4n) is 2.12. The lowest BCUT2D eigenvalue weighted by atomic mass is 10.2.